The van der Waals surface area contributed by atoms with E-state index in [1.807, 2.05) is 11.4 Å². The third kappa shape index (κ3) is 2.14. The summed E-state index contributed by atoms with van der Waals surface area (Å²) in [5, 5.41) is 14.1. The second-order valence-electron chi connectivity index (χ2n) is 3.80. The quantitative estimate of drug-likeness (QED) is 0.821. The lowest BCUT2D eigenvalue weighted by Gasteiger charge is -1.99. The Bertz CT molecular complexity index is 350. The minimum absolute atomic E-state index is 0.729. The van der Waals surface area contributed by atoms with Crippen LogP contribution in [-0.4, -0.2) is 6.04 Å². The predicted molar refractivity (Wildman–Crippen MR) is 58.1 cm³/mol. The second kappa shape index (κ2) is 4.12. The van der Waals surface area contributed by atoms with Crippen molar-refractivity contribution in [2.75, 3.05) is 0 Å². The molecule has 2 nitrogen and oxygen atoms in total. The molecule has 1 saturated carbocycles. The number of thiophene rings is 1. The van der Waals surface area contributed by atoms with E-state index in [-0.39, 0.29) is 0 Å². The van der Waals surface area contributed by atoms with Crippen LogP contribution in [0.25, 0.3) is 0 Å². The lowest BCUT2D eigenvalue weighted by molar-refractivity contribution is 0.627. The molecular formula is C11H14N2S. The van der Waals surface area contributed by atoms with Crippen LogP contribution in [0.3, 0.4) is 0 Å². The van der Waals surface area contributed by atoms with Crippen molar-refractivity contribution in [3.8, 4) is 6.07 Å². The van der Waals surface area contributed by atoms with E-state index < -0.39 is 0 Å². The predicted octanol–water partition coefficient (Wildman–Crippen LogP) is 2.51. The van der Waals surface area contributed by atoms with Crippen LogP contribution in [0.2, 0.25) is 0 Å². The molecule has 74 valence electrons. The van der Waals surface area contributed by atoms with Crippen molar-refractivity contribution >= 4 is 11.3 Å². The van der Waals surface area contributed by atoms with Gasteiger partial charge in [-0.05, 0) is 18.4 Å². The molecule has 1 heterocycles. The van der Waals surface area contributed by atoms with Crippen LogP contribution in [0.1, 0.15) is 30.2 Å². The molecule has 3 heteroatoms. The zero-order valence-corrected chi connectivity index (χ0v) is 9.10. The molecule has 2 rings (SSSR count). The van der Waals surface area contributed by atoms with Gasteiger partial charge in [-0.3, -0.25) is 0 Å². The largest absolute Gasteiger partial charge is 0.309 e. The number of hydrogen-bond acceptors (Lipinski definition) is 3. The van der Waals surface area contributed by atoms with Gasteiger partial charge < -0.3 is 5.32 Å². The van der Waals surface area contributed by atoms with Crippen LogP contribution >= 0.6 is 11.3 Å². The lowest BCUT2D eigenvalue weighted by Crippen LogP contribution is -2.16. The Morgan fingerprint density at radius 2 is 2.57 bits per heavy atom. The molecule has 1 aromatic rings. The third-order valence-electron chi connectivity index (χ3n) is 2.77. The Morgan fingerprint density at radius 3 is 3.14 bits per heavy atom. The van der Waals surface area contributed by atoms with E-state index in [1.54, 1.807) is 11.3 Å². The summed E-state index contributed by atoms with van der Waals surface area (Å²) in [6, 6.07) is 4.86. The summed E-state index contributed by atoms with van der Waals surface area (Å²) in [6.07, 6.45) is 2.61. The van der Waals surface area contributed by atoms with Crippen molar-refractivity contribution < 1.29 is 0 Å². The molecular weight excluding hydrogens is 192 g/mol. The molecule has 0 amide bonds. The molecule has 0 saturated heterocycles. The van der Waals surface area contributed by atoms with Gasteiger partial charge in [-0.25, -0.2) is 0 Å². The van der Waals surface area contributed by atoms with E-state index in [4.69, 9.17) is 5.26 Å². The summed E-state index contributed by atoms with van der Waals surface area (Å²) in [7, 11) is 0. The van der Waals surface area contributed by atoms with Crippen molar-refractivity contribution in [1.29, 1.82) is 5.26 Å². The average molecular weight is 206 g/mol. The van der Waals surface area contributed by atoms with Crippen LogP contribution in [0.4, 0.5) is 0 Å². The van der Waals surface area contributed by atoms with E-state index in [2.05, 4.69) is 18.3 Å². The molecule has 1 fully saturated rings. The molecule has 0 aromatic carbocycles. The molecule has 0 radical (unpaired) electrons. The second-order valence-corrected chi connectivity index (χ2v) is 4.80. The Labute approximate surface area is 88.6 Å². The van der Waals surface area contributed by atoms with Crippen molar-refractivity contribution in [3.63, 3.8) is 0 Å². The highest BCUT2D eigenvalue weighted by molar-refractivity contribution is 7.10. The first kappa shape index (κ1) is 9.70. The molecule has 2 unspecified atom stereocenters. The number of nitrogens with zero attached hydrogens (tertiary/aromatic N) is 1. The summed E-state index contributed by atoms with van der Waals surface area (Å²) in [6.45, 7) is 3.17. The van der Waals surface area contributed by atoms with E-state index in [1.165, 1.54) is 17.7 Å². The van der Waals surface area contributed by atoms with E-state index in [9.17, 15) is 0 Å². The highest BCUT2D eigenvalue weighted by atomic mass is 32.1. The van der Waals surface area contributed by atoms with Crippen LogP contribution in [0, 0.1) is 17.2 Å². The fourth-order valence-electron chi connectivity index (χ4n) is 1.71. The molecule has 0 spiro atoms. The van der Waals surface area contributed by atoms with Crippen LogP contribution < -0.4 is 5.32 Å². The van der Waals surface area contributed by atoms with Crippen molar-refractivity contribution in [2.45, 2.75) is 32.4 Å². The van der Waals surface area contributed by atoms with Gasteiger partial charge in [-0.15, -0.1) is 11.3 Å². The average Bonchev–Trinajstić information content (AvgIpc) is 2.83. The molecule has 1 N–H and O–H groups in total. The SMILES string of the molecule is CCC1CC1NCc1cc(C#N)cs1. The van der Waals surface area contributed by atoms with Crippen LogP contribution in [0.5, 0.6) is 0 Å². The molecule has 1 aliphatic carbocycles. The Morgan fingerprint density at radius 1 is 1.71 bits per heavy atom. The maximum atomic E-state index is 8.66. The van der Waals surface area contributed by atoms with Gasteiger partial charge in [-0.1, -0.05) is 13.3 Å². The Balaban J connectivity index is 1.79. The minimum Gasteiger partial charge on any atom is -0.309 e. The monoisotopic (exact) mass is 206 g/mol. The minimum atomic E-state index is 0.729. The van der Waals surface area contributed by atoms with Crippen molar-refractivity contribution in [2.24, 2.45) is 5.92 Å². The summed E-state index contributed by atoms with van der Waals surface area (Å²) < 4.78 is 0. The van der Waals surface area contributed by atoms with E-state index in [0.29, 0.717) is 0 Å². The van der Waals surface area contributed by atoms with Gasteiger partial charge in [0.15, 0.2) is 0 Å². The summed E-state index contributed by atoms with van der Waals surface area (Å²) in [5.74, 6) is 0.894. The number of hydrogen-bond donors (Lipinski definition) is 1. The van der Waals surface area contributed by atoms with E-state index >= 15 is 0 Å². The number of nitriles is 1. The van der Waals surface area contributed by atoms with Gasteiger partial charge in [0.05, 0.1) is 5.56 Å². The maximum absolute atomic E-state index is 8.66. The first-order valence-corrected chi connectivity index (χ1v) is 5.92. The smallest absolute Gasteiger partial charge is 0.100 e. The molecule has 1 aliphatic rings. The number of rotatable bonds is 4. The van der Waals surface area contributed by atoms with Gasteiger partial charge in [0.1, 0.15) is 6.07 Å². The van der Waals surface area contributed by atoms with Gasteiger partial charge in [-0.2, -0.15) is 5.26 Å². The Kier molecular flexibility index (Phi) is 2.85. The maximum Gasteiger partial charge on any atom is 0.100 e. The lowest BCUT2D eigenvalue weighted by atomic mass is 10.3. The standard InChI is InChI=1S/C11H14N2S/c1-2-9-4-11(9)13-6-10-3-8(5-12)7-14-10/h3,7,9,11,13H,2,4,6H2,1H3. The van der Waals surface area contributed by atoms with Crippen molar-refractivity contribution in [3.05, 3.63) is 21.9 Å². The highest BCUT2D eigenvalue weighted by Crippen LogP contribution is 2.33. The molecule has 0 aliphatic heterocycles. The Hall–Kier alpha value is -0.850. The topological polar surface area (TPSA) is 35.8 Å². The van der Waals surface area contributed by atoms with Gasteiger partial charge >= 0.3 is 0 Å². The normalized spacial score (nSPS) is 24.6. The van der Waals surface area contributed by atoms with Gasteiger partial charge in [0.2, 0.25) is 0 Å². The van der Waals surface area contributed by atoms with Crippen LogP contribution in [-0.2, 0) is 6.54 Å². The number of nitrogens with one attached hydrogen (secondary N) is 1. The van der Waals surface area contributed by atoms with E-state index in [0.717, 1.165) is 24.1 Å². The zero-order chi connectivity index (χ0) is 9.97. The molecule has 14 heavy (non-hydrogen) atoms. The molecule has 2 atom stereocenters. The first-order chi connectivity index (χ1) is 6.83. The summed E-state index contributed by atoms with van der Waals surface area (Å²) in [4.78, 5) is 1.27. The summed E-state index contributed by atoms with van der Waals surface area (Å²) >= 11 is 1.67. The van der Waals surface area contributed by atoms with Crippen LogP contribution in [0.15, 0.2) is 11.4 Å². The van der Waals surface area contributed by atoms with Crippen molar-refractivity contribution in [1.82, 2.24) is 5.32 Å². The zero-order valence-electron chi connectivity index (χ0n) is 8.29. The van der Waals surface area contributed by atoms with Gasteiger partial charge in [0.25, 0.3) is 0 Å². The fourth-order valence-corrected chi connectivity index (χ4v) is 2.47. The summed E-state index contributed by atoms with van der Waals surface area (Å²) in [5.41, 5.74) is 0.787. The molecule has 1 aromatic heterocycles. The first-order valence-electron chi connectivity index (χ1n) is 5.04. The van der Waals surface area contributed by atoms with Gasteiger partial charge in [0, 0.05) is 22.8 Å². The third-order valence-corrected chi connectivity index (χ3v) is 3.71. The highest BCUT2D eigenvalue weighted by Gasteiger charge is 2.34. The molecule has 0 bridgehead atoms. The fraction of sp³-hybridized carbons (Fsp3) is 0.545.